The van der Waals surface area contributed by atoms with Crippen LogP contribution in [0.3, 0.4) is 0 Å². The van der Waals surface area contributed by atoms with E-state index in [1.807, 2.05) is 6.07 Å². The van der Waals surface area contributed by atoms with Crippen molar-refractivity contribution in [3.63, 3.8) is 0 Å². The summed E-state index contributed by atoms with van der Waals surface area (Å²) in [5.41, 5.74) is 3.03. The third-order valence-electron chi connectivity index (χ3n) is 2.95. The molecule has 1 aromatic carbocycles. The van der Waals surface area contributed by atoms with Gasteiger partial charge in [-0.15, -0.1) is 0 Å². The van der Waals surface area contributed by atoms with Crippen molar-refractivity contribution in [1.82, 2.24) is 5.32 Å². The Morgan fingerprint density at radius 2 is 2.07 bits per heavy atom. The summed E-state index contributed by atoms with van der Waals surface area (Å²) in [6.45, 7) is 5.43. The minimum Gasteiger partial charge on any atom is -0.308 e. The standard InChI is InChI=1S/C12H16ClN/c1-12(2)6-5-9-3-4-11(13)7-10(9)8-14-12/h3-4,7,14H,5-6,8H2,1-2H3. The SMILES string of the molecule is CC1(C)CCc2ccc(Cl)cc2CN1. The highest BCUT2D eigenvalue weighted by Crippen LogP contribution is 2.24. The van der Waals surface area contributed by atoms with Gasteiger partial charge in [0.15, 0.2) is 0 Å². The Kier molecular flexibility index (Phi) is 2.54. The molecule has 0 unspecified atom stereocenters. The fourth-order valence-corrected chi connectivity index (χ4v) is 2.07. The predicted octanol–water partition coefficient (Wildman–Crippen LogP) is 3.15. The van der Waals surface area contributed by atoms with Gasteiger partial charge in [0.1, 0.15) is 0 Å². The monoisotopic (exact) mass is 209 g/mol. The highest BCUT2D eigenvalue weighted by molar-refractivity contribution is 6.30. The smallest absolute Gasteiger partial charge is 0.0409 e. The maximum absolute atomic E-state index is 5.97. The molecule has 0 saturated carbocycles. The molecule has 1 aliphatic rings. The summed E-state index contributed by atoms with van der Waals surface area (Å²) in [5.74, 6) is 0. The number of hydrogen-bond donors (Lipinski definition) is 1. The van der Waals surface area contributed by atoms with Crippen molar-refractivity contribution >= 4 is 11.6 Å². The van der Waals surface area contributed by atoms with E-state index in [-0.39, 0.29) is 5.54 Å². The van der Waals surface area contributed by atoms with Gasteiger partial charge < -0.3 is 5.32 Å². The van der Waals surface area contributed by atoms with Gasteiger partial charge in [-0.1, -0.05) is 17.7 Å². The van der Waals surface area contributed by atoms with Gasteiger partial charge >= 0.3 is 0 Å². The van der Waals surface area contributed by atoms with Crippen molar-refractivity contribution in [1.29, 1.82) is 0 Å². The lowest BCUT2D eigenvalue weighted by Gasteiger charge is -2.23. The highest BCUT2D eigenvalue weighted by Gasteiger charge is 2.21. The summed E-state index contributed by atoms with van der Waals surface area (Å²) in [6.07, 6.45) is 2.33. The normalized spacial score (nSPS) is 19.9. The number of aryl methyl sites for hydroxylation is 1. The number of fused-ring (bicyclic) bond motifs is 1. The number of rotatable bonds is 0. The maximum Gasteiger partial charge on any atom is 0.0409 e. The van der Waals surface area contributed by atoms with Crippen molar-refractivity contribution in [2.24, 2.45) is 0 Å². The Balaban J connectivity index is 2.30. The van der Waals surface area contributed by atoms with Gasteiger partial charge in [-0.2, -0.15) is 0 Å². The summed E-state index contributed by atoms with van der Waals surface area (Å²) in [4.78, 5) is 0. The summed E-state index contributed by atoms with van der Waals surface area (Å²) in [5, 5.41) is 4.38. The van der Waals surface area contributed by atoms with Gasteiger partial charge in [0.05, 0.1) is 0 Å². The Hall–Kier alpha value is -0.530. The molecule has 2 heteroatoms. The first-order chi connectivity index (χ1) is 6.57. The Labute approximate surface area is 90.5 Å². The molecule has 0 saturated heterocycles. The van der Waals surface area contributed by atoms with E-state index in [1.165, 1.54) is 17.5 Å². The van der Waals surface area contributed by atoms with Crippen LogP contribution in [0.4, 0.5) is 0 Å². The van der Waals surface area contributed by atoms with Crippen molar-refractivity contribution < 1.29 is 0 Å². The fraction of sp³-hybridized carbons (Fsp3) is 0.500. The molecule has 76 valence electrons. The topological polar surface area (TPSA) is 12.0 Å². The van der Waals surface area contributed by atoms with Gasteiger partial charge in [-0.05, 0) is 49.9 Å². The predicted molar refractivity (Wildman–Crippen MR) is 60.7 cm³/mol. The van der Waals surface area contributed by atoms with Gasteiger partial charge in [-0.25, -0.2) is 0 Å². The first kappa shape index (κ1) is 10.0. The minimum atomic E-state index is 0.242. The molecular formula is C12H16ClN. The van der Waals surface area contributed by atoms with Crippen molar-refractivity contribution in [3.8, 4) is 0 Å². The zero-order valence-electron chi connectivity index (χ0n) is 8.73. The van der Waals surface area contributed by atoms with Crippen LogP contribution in [0.15, 0.2) is 18.2 Å². The van der Waals surface area contributed by atoms with E-state index in [1.54, 1.807) is 0 Å². The molecule has 1 nitrogen and oxygen atoms in total. The van der Waals surface area contributed by atoms with Crippen LogP contribution >= 0.6 is 11.6 Å². The molecule has 0 aromatic heterocycles. The number of halogens is 1. The van der Waals surface area contributed by atoms with Crippen LogP contribution in [0.1, 0.15) is 31.4 Å². The first-order valence-corrected chi connectivity index (χ1v) is 5.47. The van der Waals surface area contributed by atoms with E-state index in [0.29, 0.717) is 0 Å². The van der Waals surface area contributed by atoms with Crippen LogP contribution in [-0.4, -0.2) is 5.54 Å². The molecule has 2 rings (SSSR count). The third kappa shape index (κ3) is 2.10. The number of benzene rings is 1. The lowest BCUT2D eigenvalue weighted by molar-refractivity contribution is 0.372. The lowest BCUT2D eigenvalue weighted by Crippen LogP contribution is -2.37. The van der Waals surface area contributed by atoms with Crippen LogP contribution in [0.25, 0.3) is 0 Å². The second kappa shape index (κ2) is 3.56. The van der Waals surface area contributed by atoms with Crippen LogP contribution in [-0.2, 0) is 13.0 Å². The van der Waals surface area contributed by atoms with Crippen molar-refractivity contribution in [2.45, 2.75) is 38.8 Å². The van der Waals surface area contributed by atoms with Crippen LogP contribution in [0.2, 0.25) is 5.02 Å². The average molecular weight is 210 g/mol. The van der Waals surface area contributed by atoms with Crippen LogP contribution in [0, 0.1) is 0 Å². The molecule has 0 atom stereocenters. The van der Waals surface area contributed by atoms with Crippen LogP contribution in [0.5, 0.6) is 0 Å². The molecule has 1 aliphatic heterocycles. The molecule has 0 radical (unpaired) electrons. The van der Waals surface area contributed by atoms with Gasteiger partial charge in [0, 0.05) is 17.1 Å². The molecule has 1 aromatic rings. The maximum atomic E-state index is 5.97. The zero-order chi connectivity index (χ0) is 10.2. The quantitative estimate of drug-likeness (QED) is 0.692. The Bertz CT molecular complexity index is 344. The van der Waals surface area contributed by atoms with Crippen molar-refractivity contribution in [2.75, 3.05) is 0 Å². The van der Waals surface area contributed by atoms with E-state index in [4.69, 9.17) is 11.6 Å². The summed E-state index contributed by atoms with van der Waals surface area (Å²) in [7, 11) is 0. The second-order valence-electron chi connectivity index (χ2n) is 4.65. The highest BCUT2D eigenvalue weighted by atomic mass is 35.5. The molecule has 0 bridgehead atoms. The summed E-state index contributed by atoms with van der Waals surface area (Å²) >= 11 is 5.97. The van der Waals surface area contributed by atoms with E-state index in [0.717, 1.165) is 18.0 Å². The molecule has 0 fully saturated rings. The van der Waals surface area contributed by atoms with Crippen molar-refractivity contribution in [3.05, 3.63) is 34.3 Å². The summed E-state index contributed by atoms with van der Waals surface area (Å²) < 4.78 is 0. The molecule has 1 heterocycles. The number of nitrogens with one attached hydrogen (secondary N) is 1. The molecule has 0 aliphatic carbocycles. The van der Waals surface area contributed by atoms with E-state index >= 15 is 0 Å². The molecule has 0 spiro atoms. The first-order valence-electron chi connectivity index (χ1n) is 5.09. The molecular weight excluding hydrogens is 194 g/mol. The Morgan fingerprint density at radius 1 is 1.29 bits per heavy atom. The molecule has 0 amide bonds. The third-order valence-corrected chi connectivity index (χ3v) is 3.18. The Morgan fingerprint density at radius 3 is 2.86 bits per heavy atom. The fourth-order valence-electron chi connectivity index (χ4n) is 1.87. The van der Waals surface area contributed by atoms with E-state index in [9.17, 15) is 0 Å². The second-order valence-corrected chi connectivity index (χ2v) is 5.09. The molecule has 14 heavy (non-hydrogen) atoms. The molecule has 1 N–H and O–H groups in total. The zero-order valence-corrected chi connectivity index (χ0v) is 9.49. The van der Waals surface area contributed by atoms with E-state index < -0.39 is 0 Å². The summed E-state index contributed by atoms with van der Waals surface area (Å²) in [6, 6.07) is 6.21. The van der Waals surface area contributed by atoms with Gasteiger partial charge in [-0.3, -0.25) is 0 Å². The lowest BCUT2D eigenvalue weighted by atomic mass is 9.97. The largest absolute Gasteiger partial charge is 0.308 e. The van der Waals surface area contributed by atoms with Crippen LogP contribution < -0.4 is 5.32 Å². The minimum absolute atomic E-state index is 0.242. The van der Waals surface area contributed by atoms with Gasteiger partial charge in [0.2, 0.25) is 0 Å². The average Bonchev–Trinajstić information content (AvgIpc) is 2.26. The van der Waals surface area contributed by atoms with Gasteiger partial charge in [0.25, 0.3) is 0 Å². The van der Waals surface area contributed by atoms with E-state index in [2.05, 4.69) is 31.3 Å². The number of hydrogen-bond acceptors (Lipinski definition) is 1.